The van der Waals surface area contributed by atoms with E-state index in [-0.39, 0.29) is 17.9 Å². The first kappa shape index (κ1) is 17.0. The Hall–Kier alpha value is -1.39. The van der Waals surface area contributed by atoms with Crippen LogP contribution in [-0.2, 0) is 10.2 Å². The van der Waals surface area contributed by atoms with E-state index in [1.807, 2.05) is 24.3 Å². The Bertz CT molecular complexity index is 511. The van der Waals surface area contributed by atoms with Crippen molar-refractivity contribution in [3.8, 4) is 0 Å². The molecule has 1 unspecified atom stereocenters. The maximum atomic E-state index is 12.1. The summed E-state index contributed by atoms with van der Waals surface area (Å²) >= 11 is 0. The Morgan fingerprint density at radius 1 is 1.27 bits per heavy atom. The number of carbonyl (C=O) groups excluding carboxylic acids is 1. The maximum Gasteiger partial charge on any atom is 0.240 e. The van der Waals surface area contributed by atoms with Crippen LogP contribution in [0, 0.1) is 0 Å². The number of hydrogen-bond donors (Lipinski definition) is 3. The van der Waals surface area contributed by atoms with Gasteiger partial charge in [-0.15, -0.1) is 0 Å². The normalized spacial score (nSPS) is 19.0. The van der Waals surface area contributed by atoms with Crippen molar-refractivity contribution < 1.29 is 9.90 Å². The molecule has 0 aliphatic heterocycles. The molecular weight excluding hydrogens is 276 g/mol. The highest BCUT2D eigenvalue weighted by Crippen LogP contribution is 2.27. The highest BCUT2D eigenvalue weighted by Gasteiger charge is 2.36. The molecule has 0 saturated heterocycles. The molecule has 0 radical (unpaired) electrons. The van der Waals surface area contributed by atoms with E-state index in [2.05, 4.69) is 26.1 Å². The molecule has 1 aliphatic rings. The lowest BCUT2D eigenvalue weighted by Crippen LogP contribution is -2.52. The van der Waals surface area contributed by atoms with Gasteiger partial charge in [-0.25, -0.2) is 0 Å². The summed E-state index contributed by atoms with van der Waals surface area (Å²) in [7, 11) is 0. The Morgan fingerprint density at radius 3 is 2.32 bits per heavy atom. The fourth-order valence-electron chi connectivity index (χ4n) is 2.92. The molecule has 4 heteroatoms. The SMILES string of the molecule is CC(C)(C)c1ccc(C(O)CNC(=O)C2(N)CCCC2)cc1. The van der Waals surface area contributed by atoms with Gasteiger partial charge in [0.25, 0.3) is 0 Å². The van der Waals surface area contributed by atoms with Crippen LogP contribution in [0.4, 0.5) is 0 Å². The number of amides is 1. The van der Waals surface area contributed by atoms with Gasteiger partial charge in [0.05, 0.1) is 11.6 Å². The van der Waals surface area contributed by atoms with Gasteiger partial charge in [-0.2, -0.15) is 0 Å². The second-order valence-corrected chi connectivity index (χ2v) is 7.46. The van der Waals surface area contributed by atoms with E-state index in [9.17, 15) is 9.90 Å². The summed E-state index contributed by atoms with van der Waals surface area (Å²) in [5, 5.41) is 13.0. The third kappa shape index (κ3) is 3.87. The molecule has 0 spiro atoms. The third-order valence-electron chi connectivity index (χ3n) is 4.57. The second-order valence-electron chi connectivity index (χ2n) is 7.46. The average molecular weight is 304 g/mol. The predicted octanol–water partition coefficient (Wildman–Crippen LogP) is 2.41. The van der Waals surface area contributed by atoms with Crippen molar-refractivity contribution in [2.75, 3.05) is 6.54 Å². The van der Waals surface area contributed by atoms with E-state index >= 15 is 0 Å². The number of hydrogen-bond acceptors (Lipinski definition) is 3. The first-order valence-electron chi connectivity index (χ1n) is 8.08. The van der Waals surface area contributed by atoms with E-state index in [0.717, 1.165) is 31.2 Å². The summed E-state index contributed by atoms with van der Waals surface area (Å²) in [4.78, 5) is 12.1. The first-order valence-corrected chi connectivity index (χ1v) is 8.08. The lowest BCUT2D eigenvalue weighted by molar-refractivity contribution is -0.126. The zero-order chi connectivity index (χ0) is 16.4. The smallest absolute Gasteiger partial charge is 0.240 e. The first-order chi connectivity index (χ1) is 10.2. The fourth-order valence-corrected chi connectivity index (χ4v) is 2.92. The Kier molecular flexibility index (Phi) is 4.93. The fraction of sp³-hybridized carbons (Fsp3) is 0.611. The molecule has 22 heavy (non-hydrogen) atoms. The molecule has 1 fully saturated rings. The van der Waals surface area contributed by atoms with Crippen molar-refractivity contribution in [1.82, 2.24) is 5.32 Å². The van der Waals surface area contributed by atoms with Crippen LogP contribution in [0.3, 0.4) is 0 Å². The molecule has 0 bridgehead atoms. The summed E-state index contributed by atoms with van der Waals surface area (Å²) < 4.78 is 0. The molecule has 1 aromatic carbocycles. The summed E-state index contributed by atoms with van der Waals surface area (Å²) in [5.74, 6) is -0.143. The largest absolute Gasteiger partial charge is 0.387 e. The molecule has 4 nitrogen and oxygen atoms in total. The summed E-state index contributed by atoms with van der Waals surface area (Å²) in [6.07, 6.45) is 2.76. The highest BCUT2D eigenvalue weighted by molar-refractivity contribution is 5.86. The van der Waals surface area contributed by atoms with Gasteiger partial charge in [0.1, 0.15) is 0 Å². The van der Waals surface area contributed by atoms with Crippen LogP contribution in [0.2, 0.25) is 0 Å². The standard InChI is InChI=1S/C18H28N2O2/c1-17(2,3)14-8-6-13(7-9-14)15(21)12-20-16(22)18(19)10-4-5-11-18/h6-9,15,21H,4-5,10-12,19H2,1-3H3,(H,20,22). The second kappa shape index (κ2) is 6.39. The Labute approximate surface area is 133 Å². The van der Waals surface area contributed by atoms with Crippen molar-refractivity contribution in [3.63, 3.8) is 0 Å². The van der Waals surface area contributed by atoms with Gasteiger partial charge in [0.15, 0.2) is 0 Å². The summed E-state index contributed by atoms with van der Waals surface area (Å²) in [6, 6.07) is 7.90. The van der Waals surface area contributed by atoms with Gasteiger partial charge in [0, 0.05) is 6.54 Å². The summed E-state index contributed by atoms with van der Waals surface area (Å²) in [5.41, 5.74) is 7.48. The lowest BCUT2D eigenvalue weighted by atomic mass is 9.86. The molecule has 1 atom stereocenters. The molecule has 1 aliphatic carbocycles. The van der Waals surface area contributed by atoms with Crippen LogP contribution in [0.25, 0.3) is 0 Å². The van der Waals surface area contributed by atoms with Crippen molar-refractivity contribution in [2.45, 2.75) is 63.5 Å². The van der Waals surface area contributed by atoms with Crippen LogP contribution in [0.15, 0.2) is 24.3 Å². The number of nitrogens with two attached hydrogens (primary N) is 1. The molecule has 1 amide bonds. The van der Waals surface area contributed by atoms with Gasteiger partial charge in [0.2, 0.25) is 5.91 Å². The van der Waals surface area contributed by atoms with Gasteiger partial charge < -0.3 is 16.2 Å². The van der Waals surface area contributed by atoms with Crippen LogP contribution in [-0.4, -0.2) is 23.1 Å². The number of benzene rings is 1. The van der Waals surface area contributed by atoms with E-state index in [0.29, 0.717) is 0 Å². The molecule has 0 aromatic heterocycles. The van der Waals surface area contributed by atoms with E-state index in [4.69, 9.17) is 5.73 Å². The molecule has 0 heterocycles. The quantitative estimate of drug-likeness (QED) is 0.799. The van der Waals surface area contributed by atoms with Crippen LogP contribution in [0.1, 0.15) is 63.7 Å². The number of aliphatic hydroxyl groups excluding tert-OH is 1. The van der Waals surface area contributed by atoms with Crippen LogP contribution < -0.4 is 11.1 Å². The van der Waals surface area contributed by atoms with E-state index in [1.165, 1.54) is 5.56 Å². The molecule has 4 N–H and O–H groups in total. The topological polar surface area (TPSA) is 75.3 Å². The van der Waals surface area contributed by atoms with Gasteiger partial charge in [-0.1, -0.05) is 57.9 Å². The van der Waals surface area contributed by atoms with Gasteiger partial charge in [-0.05, 0) is 29.4 Å². The van der Waals surface area contributed by atoms with Crippen molar-refractivity contribution >= 4 is 5.91 Å². The Balaban J connectivity index is 1.92. The minimum absolute atomic E-state index is 0.0894. The number of rotatable bonds is 4. The van der Waals surface area contributed by atoms with Gasteiger partial charge >= 0.3 is 0 Å². The zero-order valence-electron chi connectivity index (χ0n) is 13.9. The highest BCUT2D eigenvalue weighted by atomic mass is 16.3. The minimum Gasteiger partial charge on any atom is -0.387 e. The van der Waals surface area contributed by atoms with Crippen molar-refractivity contribution in [1.29, 1.82) is 0 Å². The van der Waals surface area contributed by atoms with Crippen LogP contribution in [0.5, 0.6) is 0 Å². The lowest BCUT2D eigenvalue weighted by Gasteiger charge is -2.24. The molecule has 122 valence electrons. The Morgan fingerprint density at radius 2 is 1.82 bits per heavy atom. The van der Waals surface area contributed by atoms with E-state index in [1.54, 1.807) is 0 Å². The molecular formula is C18H28N2O2. The zero-order valence-corrected chi connectivity index (χ0v) is 13.9. The average Bonchev–Trinajstić information content (AvgIpc) is 2.91. The predicted molar refractivity (Wildman–Crippen MR) is 88.5 cm³/mol. The minimum atomic E-state index is -0.740. The number of nitrogens with one attached hydrogen (secondary N) is 1. The van der Waals surface area contributed by atoms with Crippen LogP contribution >= 0.6 is 0 Å². The molecule has 2 rings (SSSR count). The monoisotopic (exact) mass is 304 g/mol. The van der Waals surface area contributed by atoms with E-state index < -0.39 is 11.6 Å². The van der Waals surface area contributed by atoms with Crippen molar-refractivity contribution in [2.24, 2.45) is 5.73 Å². The molecule has 1 aromatic rings. The summed E-state index contributed by atoms with van der Waals surface area (Å²) in [6.45, 7) is 6.66. The third-order valence-corrected chi connectivity index (χ3v) is 4.57. The number of carbonyl (C=O) groups is 1. The number of aliphatic hydroxyl groups is 1. The molecule has 1 saturated carbocycles. The van der Waals surface area contributed by atoms with Gasteiger partial charge in [-0.3, -0.25) is 4.79 Å². The van der Waals surface area contributed by atoms with Crippen molar-refractivity contribution in [3.05, 3.63) is 35.4 Å². The maximum absolute atomic E-state index is 12.1.